The van der Waals surface area contributed by atoms with Gasteiger partial charge in [-0.05, 0) is 55.6 Å². The topological polar surface area (TPSA) is 12.0 Å². The van der Waals surface area contributed by atoms with Gasteiger partial charge in [-0.3, -0.25) is 0 Å². The van der Waals surface area contributed by atoms with Crippen molar-refractivity contribution in [2.75, 3.05) is 6.54 Å². The van der Waals surface area contributed by atoms with Crippen LogP contribution in [0.25, 0.3) is 0 Å². The standard InChI is InChI=1S/C18H21BrFN/c1-3-21-17(10-14-6-4-5-13(2)9-14)12-15-11-16(20)7-8-18(15)19/h4-9,11,17,21H,3,10,12H2,1-2H3. The molecule has 0 saturated heterocycles. The van der Waals surface area contributed by atoms with Crippen LogP contribution in [0.3, 0.4) is 0 Å². The van der Waals surface area contributed by atoms with Crippen molar-refractivity contribution in [3.63, 3.8) is 0 Å². The predicted molar refractivity (Wildman–Crippen MR) is 90.2 cm³/mol. The third-order valence-electron chi connectivity index (χ3n) is 3.53. The lowest BCUT2D eigenvalue weighted by Crippen LogP contribution is -2.33. The van der Waals surface area contributed by atoms with Crippen LogP contribution in [0.5, 0.6) is 0 Å². The lowest BCUT2D eigenvalue weighted by Gasteiger charge is -2.19. The van der Waals surface area contributed by atoms with E-state index in [9.17, 15) is 4.39 Å². The van der Waals surface area contributed by atoms with E-state index in [0.717, 1.165) is 29.4 Å². The third-order valence-corrected chi connectivity index (χ3v) is 4.31. The van der Waals surface area contributed by atoms with E-state index in [4.69, 9.17) is 0 Å². The number of benzene rings is 2. The summed E-state index contributed by atoms with van der Waals surface area (Å²) in [5.41, 5.74) is 3.59. The number of rotatable bonds is 6. The molecule has 0 spiro atoms. The van der Waals surface area contributed by atoms with Crippen LogP contribution in [0, 0.1) is 12.7 Å². The summed E-state index contributed by atoms with van der Waals surface area (Å²) >= 11 is 3.51. The molecule has 0 saturated carbocycles. The molecule has 1 atom stereocenters. The minimum atomic E-state index is -0.181. The van der Waals surface area contributed by atoms with Gasteiger partial charge in [0, 0.05) is 10.5 Å². The largest absolute Gasteiger partial charge is 0.314 e. The van der Waals surface area contributed by atoms with Gasteiger partial charge in [-0.25, -0.2) is 4.39 Å². The molecular weight excluding hydrogens is 329 g/mol. The average molecular weight is 350 g/mol. The predicted octanol–water partition coefficient (Wildman–Crippen LogP) is 4.66. The molecule has 21 heavy (non-hydrogen) atoms. The monoisotopic (exact) mass is 349 g/mol. The van der Waals surface area contributed by atoms with Gasteiger partial charge in [-0.2, -0.15) is 0 Å². The van der Waals surface area contributed by atoms with E-state index >= 15 is 0 Å². The van der Waals surface area contributed by atoms with E-state index in [0.29, 0.717) is 6.04 Å². The fourth-order valence-electron chi connectivity index (χ4n) is 2.59. The van der Waals surface area contributed by atoms with Gasteiger partial charge >= 0.3 is 0 Å². The molecule has 3 heteroatoms. The zero-order valence-corrected chi connectivity index (χ0v) is 14.1. The maximum Gasteiger partial charge on any atom is 0.123 e. The highest BCUT2D eigenvalue weighted by Crippen LogP contribution is 2.20. The Morgan fingerprint density at radius 2 is 1.95 bits per heavy atom. The van der Waals surface area contributed by atoms with Gasteiger partial charge in [-0.15, -0.1) is 0 Å². The average Bonchev–Trinajstić information content (AvgIpc) is 2.43. The molecular formula is C18H21BrFN. The third kappa shape index (κ3) is 4.94. The molecule has 1 unspecified atom stereocenters. The van der Waals surface area contributed by atoms with Gasteiger partial charge in [-0.1, -0.05) is 52.7 Å². The molecule has 0 heterocycles. The Kier molecular flexibility index (Phi) is 5.95. The van der Waals surface area contributed by atoms with Crippen LogP contribution in [-0.4, -0.2) is 12.6 Å². The Balaban J connectivity index is 2.13. The van der Waals surface area contributed by atoms with Crippen LogP contribution < -0.4 is 5.32 Å². The summed E-state index contributed by atoms with van der Waals surface area (Å²) in [6.07, 6.45) is 1.75. The molecule has 1 N–H and O–H groups in total. The Hall–Kier alpha value is -1.19. The van der Waals surface area contributed by atoms with Crippen molar-refractivity contribution in [2.45, 2.75) is 32.7 Å². The Morgan fingerprint density at radius 3 is 2.67 bits per heavy atom. The molecule has 0 aliphatic heterocycles. The SMILES string of the molecule is CCNC(Cc1cccc(C)c1)Cc1cc(F)ccc1Br. The van der Waals surface area contributed by atoms with Gasteiger partial charge in [0.1, 0.15) is 5.82 Å². The van der Waals surface area contributed by atoms with Gasteiger partial charge in [0.15, 0.2) is 0 Å². The fourth-order valence-corrected chi connectivity index (χ4v) is 3.00. The van der Waals surface area contributed by atoms with Crippen LogP contribution in [0.1, 0.15) is 23.6 Å². The zero-order chi connectivity index (χ0) is 15.2. The molecule has 1 nitrogen and oxygen atoms in total. The van der Waals surface area contributed by atoms with Crippen LogP contribution in [0.15, 0.2) is 46.9 Å². The first-order valence-electron chi connectivity index (χ1n) is 7.31. The molecule has 2 aromatic rings. The number of likely N-dealkylation sites (N-methyl/N-ethyl adjacent to an activating group) is 1. The molecule has 0 aromatic heterocycles. The van der Waals surface area contributed by atoms with Crippen LogP contribution >= 0.6 is 15.9 Å². The quantitative estimate of drug-likeness (QED) is 0.799. The number of aryl methyl sites for hydroxylation is 1. The molecule has 0 amide bonds. The van der Waals surface area contributed by atoms with Gasteiger partial charge in [0.25, 0.3) is 0 Å². The molecule has 112 valence electrons. The summed E-state index contributed by atoms with van der Waals surface area (Å²) in [5, 5.41) is 3.50. The molecule has 0 aliphatic rings. The van der Waals surface area contributed by atoms with E-state index in [1.165, 1.54) is 17.2 Å². The van der Waals surface area contributed by atoms with Crippen LogP contribution in [-0.2, 0) is 12.8 Å². The minimum absolute atomic E-state index is 0.181. The summed E-state index contributed by atoms with van der Waals surface area (Å²) in [7, 11) is 0. The fraction of sp³-hybridized carbons (Fsp3) is 0.333. The summed E-state index contributed by atoms with van der Waals surface area (Å²) < 4.78 is 14.4. The van der Waals surface area contributed by atoms with Crippen molar-refractivity contribution in [3.8, 4) is 0 Å². The highest BCUT2D eigenvalue weighted by atomic mass is 79.9. The smallest absolute Gasteiger partial charge is 0.123 e. The van der Waals surface area contributed by atoms with E-state index in [1.54, 1.807) is 12.1 Å². The number of halogens is 2. The molecule has 2 aromatic carbocycles. The van der Waals surface area contributed by atoms with Crippen molar-refractivity contribution >= 4 is 15.9 Å². The van der Waals surface area contributed by atoms with Crippen LogP contribution in [0.4, 0.5) is 4.39 Å². The van der Waals surface area contributed by atoms with E-state index in [-0.39, 0.29) is 5.82 Å². The Labute approximate surface area is 134 Å². The summed E-state index contributed by atoms with van der Waals surface area (Å²) in [6.45, 7) is 5.11. The van der Waals surface area contributed by atoms with Crippen LogP contribution in [0.2, 0.25) is 0 Å². The second-order valence-electron chi connectivity index (χ2n) is 5.39. The molecule has 0 fully saturated rings. The van der Waals surface area contributed by atoms with Crippen molar-refractivity contribution in [1.82, 2.24) is 5.32 Å². The minimum Gasteiger partial charge on any atom is -0.314 e. The Bertz CT molecular complexity index is 598. The lowest BCUT2D eigenvalue weighted by molar-refractivity contribution is 0.518. The van der Waals surface area contributed by atoms with Crippen molar-refractivity contribution < 1.29 is 4.39 Å². The van der Waals surface area contributed by atoms with Crippen molar-refractivity contribution in [2.24, 2.45) is 0 Å². The van der Waals surface area contributed by atoms with Gasteiger partial charge in [0.05, 0.1) is 0 Å². The zero-order valence-electron chi connectivity index (χ0n) is 12.5. The second-order valence-corrected chi connectivity index (χ2v) is 6.24. The van der Waals surface area contributed by atoms with Crippen molar-refractivity contribution in [1.29, 1.82) is 0 Å². The lowest BCUT2D eigenvalue weighted by atomic mass is 9.98. The first-order chi connectivity index (χ1) is 10.1. The van der Waals surface area contributed by atoms with Gasteiger partial charge < -0.3 is 5.32 Å². The van der Waals surface area contributed by atoms with E-state index in [1.807, 2.05) is 0 Å². The maximum atomic E-state index is 13.4. The highest BCUT2D eigenvalue weighted by Gasteiger charge is 2.12. The first-order valence-corrected chi connectivity index (χ1v) is 8.10. The summed E-state index contributed by atoms with van der Waals surface area (Å²) in [6, 6.07) is 13.7. The summed E-state index contributed by atoms with van der Waals surface area (Å²) in [5.74, 6) is -0.181. The Morgan fingerprint density at radius 1 is 1.14 bits per heavy atom. The van der Waals surface area contributed by atoms with Crippen molar-refractivity contribution in [3.05, 3.63) is 69.4 Å². The molecule has 2 rings (SSSR count). The second kappa shape index (κ2) is 7.71. The van der Waals surface area contributed by atoms with E-state index < -0.39 is 0 Å². The van der Waals surface area contributed by atoms with E-state index in [2.05, 4.69) is 59.4 Å². The normalized spacial score (nSPS) is 12.4. The number of hydrogen-bond donors (Lipinski definition) is 1. The molecule has 0 radical (unpaired) electrons. The highest BCUT2D eigenvalue weighted by molar-refractivity contribution is 9.10. The summed E-state index contributed by atoms with van der Waals surface area (Å²) in [4.78, 5) is 0. The number of hydrogen-bond acceptors (Lipinski definition) is 1. The molecule has 0 bridgehead atoms. The number of nitrogens with one attached hydrogen (secondary N) is 1. The van der Waals surface area contributed by atoms with Gasteiger partial charge in [0.2, 0.25) is 0 Å². The first kappa shape index (κ1) is 16.2. The maximum absolute atomic E-state index is 13.4. The molecule has 0 aliphatic carbocycles.